The number of aromatic nitrogens is 3. The average Bonchev–Trinajstić information content (AvgIpc) is 3.59. The second-order valence-corrected chi connectivity index (χ2v) is 10.7. The monoisotopic (exact) mass is 567 g/mol. The molecular weight excluding hydrogens is 536 g/mol. The first kappa shape index (κ1) is 27.5. The van der Waals surface area contributed by atoms with E-state index in [0.29, 0.717) is 37.4 Å². The first-order valence-electron chi connectivity index (χ1n) is 14.0. The molecule has 2 aromatic carbocycles. The van der Waals surface area contributed by atoms with Crippen LogP contribution in [0.1, 0.15) is 43.3 Å². The molecule has 2 aliphatic heterocycles. The summed E-state index contributed by atoms with van der Waals surface area (Å²) in [5.41, 5.74) is 5.08. The predicted molar refractivity (Wildman–Crippen MR) is 158 cm³/mol. The van der Waals surface area contributed by atoms with Gasteiger partial charge in [0.2, 0.25) is 0 Å². The largest absolute Gasteiger partial charge is 0.486 e. The molecule has 1 unspecified atom stereocenters. The molecule has 4 heterocycles. The quantitative estimate of drug-likeness (QED) is 0.237. The first-order chi connectivity index (χ1) is 20.4. The van der Waals surface area contributed by atoms with Gasteiger partial charge in [0.25, 0.3) is 0 Å². The standard InChI is InChI=1S/C33H31F2N5O2/c1-21-6-8-24-9-7-22(18-36-19-30(24)38-33(21)27-4-3-5-28(34)32(27)35)16-26-17-29(39-42-26)23-10-12-25(13-11-23)41-20-31-37-14-15-40(31)2/h3-5,9-15,17,19,22H,6-8,16,18,20H2,1-2H3. The van der Waals surface area contributed by atoms with Crippen LogP contribution in [0, 0.1) is 17.6 Å². The Morgan fingerprint density at radius 1 is 1.10 bits per heavy atom. The zero-order valence-electron chi connectivity index (χ0n) is 23.6. The fraction of sp³-hybridized carbons (Fsp3) is 0.273. The molecule has 0 spiro atoms. The summed E-state index contributed by atoms with van der Waals surface area (Å²) in [6, 6.07) is 13.9. The number of hydrogen-bond donors (Lipinski definition) is 0. The van der Waals surface area contributed by atoms with E-state index in [-0.39, 0.29) is 11.5 Å². The number of halogens is 2. The lowest BCUT2D eigenvalue weighted by Crippen LogP contribution is -2.14. The molecule has 0 saturated carbocycles. The SMILES string of the molecule is CC1=C(c2cccc(F)c2F)N=C2C=NCC(Cc3cc(-c4ccc(OCc5nccn5C)cc4)no3)CC=C2CC1. The third-order valence-corrected chi connectivity index (χ3v) is 7.70. The Hall–Kier alpha value is -4.66. The Labute approximate surface area is 243 Å². The van der Waals surface area contributed by atoms with E-state index in [1.54, 1.807) is 18.5 Å². The van der Waals surface area contributed by atoms with Crippen LogP contribution in [0.4, 0.5) is 8.78 Å². The minimum Gasteiger partial charge on any atom is -0.486 e. The van der Waals surface area contributed by atoms with E-state index in [9.17, 15) is 8.78 Å². The Kier molecular flexibility index (Phi) is 7.90. The van der Waals surface area contributed by atoms with Crippen molar-refractivity contribution in [3.8, 4) is 17.0 Å². The van der Waals surface area contributed by atoms with Crippen LogP contribution in [0.3, 0.4) is 0 Å². The lowest BCUT2D eigenvalue weighted by molar-refractivity contribution is 0.292. The molecule has 0 amide bonds. The van der Waals surface area contributed by atoms with Crippen LogP contribution < -0.4 is 4.74 Å². The number of aryl methyl sites for hydroxylation is 1. The van der Waals surface area contributed by atoms with Crippen molar-refractivity contribution in [3.05, 3.63) is 107 Å². The third kappa shape index (κ3) is 6.00. The van der Waals surface area contributed by atoms with Crippen LogP contribution in [0.5, 0.6) is 5.75 Å². The Balaban J connectivity index is 1.11. The molecule has 0 aliphatic carbocycles. The maximum Gasteiger partial charge on any atom is 0.168 e. The summed E-state index contributed by atoms with van der Waals surface area (Å²) in [6.45, 7) is 2.91. The number of aliphatic imine (C=N–C) groups is 2. The molecular formula is C33H31F2N5O2. The summed E-state index contributed by atoms with van der Waals surface area (Å²) >= 11 is 0. The van der Waals surface area contributed by atoms with Gasteiger partial charge < -0.3 is 13.8 Å². The van der Waals surface area contributed by atoms with E-state index in [2.05, 4.69) is 21.2 Å². The highest BCUT2D eigenvalue weighted by atomic mass is 19.2. The number of rotatable bonds is 7. The molecule has 6 rings (SSSR count). The van der Waals surface area contributed by atoms with Gasteiger partial charge in [-0.2, -0.15) is 0 Å². The number of hydrogen-bond acceptors (Lipinski definition) is 6. The molecule has 2 aromatic heterocycles. The van der Waals surface area contributed by atoms with Crippen LogP contribution in [0.15, 0.2) is 92.7 Å². The molecule has 42 heavy (non-hydrogen) atoms. The Bertz CT molecular complexity index is 1710. The molecule has 0 fully saturated rings. The Morgan fingerprint density at radius 2 is 1.95 bits per heavy atom. The van der Waals surface area contributed by atoms with Crippen molar-refractivity contribution in [3.63, 3.8) is 0 Å². The fourth-order valence-electron chi connectivity index (χ4n) is 5.21. The number of nitrogens with zero attached hydrogens (tertiary/aromatic N) is 5. The lowest BCUT2D eigenvalue weighted by atomic mass is 9.94. The minimum atomic E-state index is -0.875. The summed E-state index contributed by atoms with van der Waals surface area (Å²) in [7, 11) is 1.94. The summed E-state index contributed by atoms with van der Waals surface area (Å²) in [5, 5.41) is 4.29. The van der Waals surface area contributed by atoms with Gasteiger partial charge in [-0.05, 0) is 79.6 Å². The van der Waals surface area contributed by atoms with Crippen LogP contribution >= 0.6 is 0 Å². The van der Waals surface area contributed by atoms with E-state index < -0.39 is 11.6 Å². The van der Waals surface area contributed by atoms with E-state index in [0.717, 1.165) is 58.6 Å². The zero-order valence-corrected chi connectivity index (χ0v) is 23.6. The summed E-state index contributed by atoms with van der Waals surface area (Å²) in [6.07, 6.45) is 10.6. The van der Waals surface area contributed by atoms with Crippen molar-refractivity contribution in [1.82, 2.24) is 14.7 Å². The predicted octanol–water partition coefficient (Wildman–Crippen LogP) is 7.16. The molecule has 1 atom stereocenters. The van der Waals surface area contributed by atoms with E-state index in [4.69, 9.17) is 14.3 Å². The molecule has 0 bridgehead atoms. The van der Waals surface area contributed by atoms with Crippen molar-refractivity contribution in [2.75, 3.05) is 6.54 Å². The van der Waals surface area contributed by atoms with Crippen molar-refractivity contribution in [1.29, 1.82) is 0 Å². The van der Waals surface area contributed by atoms with Gasteiger partial charge in [-0.25, -0.2) is 18.8 Å². The highest BCUT2D eigenvalue weighted by Gasteiger charge is 2.21. The van der Waals surface area contributed by atoms with Crippen molar-refractivity contribution < 1.29 is 18.0 Å². The van der Waals surface area contributed by atoms with Gasteiger partial charge in [0.05, 0.1) is 11.4 Å². The van der Waals surface area contributed by atoms with Crippen molar-refractivity contribution in [2.24, 2.45) is 23.0 Å². The van der Waals surface area contributed by atoms with Crippen LogP contribution in [-0.2, 0) is 20.1 Å². The number of allylic oxidation sites excluding steroid dienone is 3. The molecule has 9 heteroatoms. The molecule has 0 N–H and O–H groups in total. The van der Waals surface area contributed by atoms with Crippen LogP contribution in [-0.4, -0.2) is 33.2 Å². The van der Waals surface area contributed by atoms with E-state index in [1.165, 1.54) is 6.07 Å². The second kappa shape index (κ2) is 12.1. The summed E-state index contributed by atoms with van der Waals surface area (Å²) < 4.78 is 42.0. The molecule has 0 saturated heterocycles. The maximum atomic E-state index is 14.6. The van der Waals surface area contributed by atoms with Gasteiger partial charge in [-0.1, -0.05) is 17.3 Å². The smallest absolute Gasteiger partial charge is 0.168 e. The van der Waals surface area contributed by atoms with Gasteiger partial charge in [0.15, 0.2) is 11.6 Å². The van der Waals surface area contributed by atoms with E-state index in [1.807, 2.05) is 55.1 Å². The number of benzene rings is 2. The fourth-order valence-corrected chi connectivity index (χ4v) is 5.21. The minimum absolute atomic E-state index is 0.183. The van der Waals surface area contributed by atoms with E-state index >= 15 is 0 Å². The van der Waals surface area contributed by atoms with Gasteiger partial charge in [-0.3, -0.25) is 4.99 Å². The Morgan fingerprint density at radius 3 is 2.76 bits per heavy atom. The second-order valence-electron chi connectivity index (χ2n) is 10.7. The maximum absolute atomic E-state index is 14.6. The number of ether oxygens (including phenoxy) is 1. The average molecular weight is 568 g/mol. The van der Waals surface area contributed by atoms with Gasteiger partial charge in [0, 0.05) is 55.8 Å². The lowest BCUT2D eigenvalue weighted by Gasteiger charge is -2.15. The molecule has 4 aromatic rings. The molecule has 2 aliphatic rings. The highest BCUT2D eigenvalue weighted by Crippen LogP contribution is 2.32. The summed E-state index contributed by atoms with van der Waals surface area (Å²) in [5.74, 6) is 0.896. The van der Waals surface area contributed by atoms with Crippen LogP contribution in [0.25, 0.3) is 17.0 Å². The van der Waals surface area contributed by atoms with Gasteiger partial charge in [-0.15, -0.1) is 0 Å². The third-order valence-electron chi connectivity index (χ3n) is 7.70. The zero-order chi connectivity index (χ0) is 29.1. The van der Waals surface area contributed by atoms with Crippen LogP contribution in [0.2, 0.25) is 0 Å². The number of fused-ring (bicyclic) bond motifs is 1. The highest BCUT2D eigenvalue weighted by molar-refractivity contribution is 6.39. The van der Waals surface area contributed by atoms with Crippen molar-refractivity contribution >= 4 is 17.6 Å². The summed E-state index contributed by atoms with van der Waals surface area (Å²) in [4.78, 5) is 13.7. The van der Waals surface area contributed by atoms with Gasteiger partial charge >= 0.3 is 0 Å². The topological polar surface area (TPSA) is 77.8 Å². The molecule has 7 nitrogen and oxygen atoms in total. The van der Waals surface area contributed by atoms with Crippen molar-refractivity contribution in [2.45, 2.75) is 39.2 Å². The normalized spacial score (nSPS) is 17.2. The first-order valence-corrected chi connectivity index (χ1v) is 14.0. The van der Waals surface area contributed by atoms with Gasteiger partial charge in [0.1, 0.15) is 29.6 Å². The number of imidazole rings is 1. The molecule has 214 valence electrons. The molecule has 0 radical (unpaired) electrons.